The summed E-state index contributed by atoms with van der Waals surface area (Å²) in [5.74, 6) is -3.31. The van der Waals surface area contributed by atoms with Gasteiger partial charge in [0.25, 0.3) is 11.8 Å². The fraction of sp³-hybridized carbons (Fsp3) is 0.451. The van der Waals surface area contributed by atoms with E-state index in [1.807, 2.05) is 60.7 Å². The van der Waals surface area contributed by atoms with E-state index in [-0.39, 0.29) is 78.3 Å². The van der Waals surface area contributed by atoms with E-state index in [1.165, 1.54) is 57.5 Å². The molecule has 7 heterocycles. The number of Topliss-reactive ketones (excluding diaryl/α,β-unsaturated/α-hetero) is 1. The second kappa shape index (κ2) is 37.7. The molecule has 652 valence electrons. The normalized spacial score (nSPS) is 25.1. The van der Waals surface area contributed by atoms with Crippen LogP contribution in [0.1, 0.15) is 126 Å². The molecular weight excluding hydrogens is 1750 g/mol. The first-order valence-electron chi connectivity index (χ1n) is 39.6. The summed E-state index contributed by atoms with van der Waals surface area (Å²) in [6.45, 7) is 0.0661. The summed E-state index contributed by atoms with van der Waals surface area (Å²) in [6.07, 6.45) is 9.39. The van der Waals surface area contributed by atoms with Gasteiger partial charge in [-0.1, -0.05) is 65.9 Å². The molecule has 8 N–H and O–H groups in total. The van der Waals surface area contributed by atoms with Gasteiger partial charge in [0.2, 0.25) is 55.4 Å². The Morgan fingerprint density at radius 1 is 0.607 bits per heavy atom. The van der Waals surface area contributed by atoms with Crippen LogP contribution in [-0.2, 0) is 48.8 Å². The molecule has 4 aliphatic heterocycles. The first-order chi connectivity index (χ1) is 58.1. The number of anilines is 1. The fourth-order valence-corrected chi connectivity index (χ4v) is 19.2. The zero-order valence-electron chi connectivity index (χ0n) is 65.9. The van der Waals surface area contributed by atoms with Crippen molar-refractivity contribution >= 4 is 133 Å². The predicted octanol–water partition coefficient (Wildman–Crippen LogP) is 11.1. The third-order valence-corrected chi connectivity index (χ3v) is 27.2. The van der Waals surface area contributed by atoms with Crippen molar-refractivity contribution in [2.75, 3.05) is 38.0 Å². The number of pyridine rings is 2. The molecule has 6 amide bonds. The molecule has 0 bridgehead atoms. The standard InChI is InChI=1S/C41H43F3N6O8S2.C32H40N6O7S2.C9H6BrF3O2/c1-56-28-13-16-31-25(19-28)17-18-45-36(31)57-29-20-34-35(51)48-40(38(53)49-60(54,55)30-14-15-30)21-26(40)7-5-3-2-4-6-8-32(37(52)50(34)22-29)46-39-47-33(23-59-39)24-9-11-27(12-10-24)58-41(42,43)44;1-44-21-9-12-24-19(15-21)13-14-34-28(24)45-22-16-26-27(39)36-32(30(41)37-47(42,43)23-10-11-23)17-20(32)7-5-3-2-4-6-8-25(35-31(33)46)29(40)38(26)18-22;10-5-8(14)6-1-3-7(4-2-6)15-9(11,12)13/h5,7,9-13,16-19,23,26,29-30,32,34H,2-4,6,8,14-15,20-22H2,1H3,(H,46,47)(H,48,51)(H,49,53);5,7,9,12-15,20,22-23,25-26H,2-4,6,8,10-11,16-18H2,1H3,(H,36,39)(H,37,41)(H3,33,35,46);1-4H,5H2/b2*7-5-;/t26-,29-,32+,34+,40-;20-,22-,25+,26+,32-;/m11./s1. The number of alkyl halides is 7. The smallest absolute Gasteiger partial charge is 0.497 e. The molecule has 0 radical (unpaired) electrons. The van der Waals surface area contributed by atoms with Gasteiger partial charge in [-0.05, 0) is 197 Å². The lowest BCUT2D eigenvalue weighted by atomic mass is 10.1. The number of nitrogens with zero attached hydrogens (tertiary/aromatic N) is 5. The van der Waals surface area contributed by atoms with E-state index >= 15 is 0 Å². The molecule has 29 nitrogen and oxygen atoms in total. The SMILES string of the molecule is COc1ccc2c(O[C@@H]3C[C@H]4C(=O)N[C@]5(C(=O)NS(=O)(=O)C6CC6)C[C@H]5/C=C\CCCCC[C@H](NC(N)=S)C(=O)N4C3)nccc2c1.COc1ccc2c(O[C@@H]3C[C@H]4C(=O)N[C@]5(C(=O)NS(=O)(=O)C6CC6)C[C@H]5/C=C\CCCCC[C@H](Nc5nc(-c6ccc(OC(F)(F)F)cc6)cs5)C(=O)N4C3)nccc2c1.O=C(CBr)c1ccc(OC(F)(F)F)cc1. The van der Waals surface area contributed by atoms with Crippen LogP contribution in [0, 0.1) is 11.8 Å². The van der Waals surface area contributed by atoms with Gasteiger partial charge < -0.3 is 65.2 Å². The Morgan fingerprint density at radius 2 is 1.05 bits per heavy atom. The van der Waals surface area contributed by atoms with Crippen molar-refractivity contribution in [3.05, 3.63) is 145 Å². The van der Waals surface area contributed by atoms with Crippen LogP contribution in [0.2, 0.25) is 0 Å². The minimum Gasteiger partial charge on any atom is -0.497 e. The summed E-state index contributed by atoms with van der Waals surface area (Å²) in [4.78, 5) is 112. The number of thiazole rings is 1. The third-order valence-electron chi connectivity index (χ3n) is 22.1. The van der Waals surface area contributed by atoms with E-state index < -0.39 is 126 Å². The van der Waals surface area contributed by atoms with Gasteiger partial charge >= 0.3 is 12.7 Å². The van der Waals surface area contributed by atoms with Gasteiger partial charge in [0.1, 0.15) is 70.5 Å². The number of nitrogens with two attached hydrogens (primary N) is 1. The molecule has 0 spiro atoms. The molecule has 3 aromatic heterocycles. The van der Waals surface area contributed by atoms with Crippen molar-refractivity contribution in [2.45, 2.75) is 186 Å². The van der Waals surface area contributed by atoms with Crippen molar-refractivity contribution < 1.29 is 105 Å². The van der Waals surface area contributed by atoms with E-state index in [0.29, 0.717) is 102 Å². The fourth-order valence-electron chi connectivity index (χ4n) is 15.2. The number of halogens is 7. The number of rotatable bonds is 20. The number of hydrogen-bond donors (Lipinski definition) is 7. The summed E-state index contributed by atoms with van der Waals surface area (Å²) >= 11 is 9.26. The Kier molecular flexibility index (Phi) is 27.6. The number of carbonyl (C=O) groups excluding carboxylic acids is 7. The molecule has 10 atom stereocenters. The Hall–Kier alpha value is -10.5. The minimum atomic E-state index is -4.83. The van der Waals surface area contributed by atoms with Crippen molar-refractivity contribution in [1.82, 2.24) is 50.1 Å². The van der Waals surface area contributed by atoms with Crippen LogP contribution in [0.25, 0.3) is 32.8 Å². The average molecular weight is 1840 g/mol. The van der Waals surface area contributed by atoms with Gasteiger partial charge in [-0.2, -0.15) is 0 Å². The summed E-state index contributed by atoms with van der Waals surface area (Å²) in [7, 11) is -4.62. The lowest BCUT2D eigenvalue weighted by Crippen LogP contribution is -2.58. The maximum atomic E-state index is 14.8. The highest BCUT2D eigenvalue weighted by atomic mass is 79.9. The number of amides is 6. The first kappa shape index (κ1) is 89.3. The first-order valence-corrected chi connectivity index (χ1v) is 45.1. The monoisotopic (exact) mass is 1830 g/mol. The lowest BCUT2D eigenvalue weighted by Gasteiger charge is -2.30. The van der Waals surface area contributed by atoms with Gasteiger partial charge in [-0.25, -0.2) is 31.8 Å². The second-order valence-electron chi connectivity index (χ2n) is 30.9. The number of methoxy groups -OCH3 is 2. The number of hydrogen-bond acceptors (Lipinski definition) is 23. The number of fused-ring (bicyclic) bond motifs is 6. The number of allylic oxidation sites excluding steroid dienone is 2. The number of benzene rings is 4. The van der Waals surface area contributed by atoms with Crippen LogP contribution < -0.4 is 64.9 Å². The molecule has 6 fully saturated rings. The molecule has 0 unspecified atom stereocenters. The number of thiocarbonyl (C=S) groups is 1. The molecule has 2 saturated heterocycles. The van der Waals surface area contributed by atoms with Crippen molar-refractivity contribution in [1.29, 1.82) is 0 Å². The number of carbonyl (C=O) groups is 7. The molecule has 4 saturated carbocycles. The van der Waals surface area contributed by atoms with Gasteiger partial charge in [-0.15, -0.1) is 37.7 Å². The Labute approximate surface area is 716 Å². The molecule has 7 aromatic rings. The maximum absolute atomic E-state index is 14.8. The lowest BCUT2D eigenvalue weighted by molar-refractivity contribution is -0.275. The van der Waals surface area contributed by atoms with E-state index in [4.69, 9.17) is 36.9 Å². The van der Waals surface area contributed by atoms with Crippen molar-refractivity contribution in [2.24, 2.45) is 17.6 Å². The Morgan fingerprint density at radius 3 is 1.48 bits per heavy atom. The number of ketones is 1. The predicted molar refractivity (Wildman–Crippen MR) is 445 cm³/mol. The van der Waals surface area contributed by atoms with Gasteiger partial charge in [0.05, 0.1) is 48.8 Å². The maximum Gasteiger partial charge on any atom is 0.573 e. The summed E-state index contributed by atoms with van der Waals surface area (Å²) in [5.41, 5.74) is 4.18. The van der Waals surface area contributed by atoms with Gasteiger partial charge in [-0.3, -0.25) is 43.0 Å². The molecule has 122 heavy (non-hydrogen) atoms. The van der Waals surface area contributed by atoms with Crippen molar-refractivity contribution in [3.8, 4) is 46.0 Å². The number of nitrogens with one attached hydrogen (secondary N) is 6. The summed E-state index contributed by atoms with van der Waals surface area (Å²) in [6, 6.07) is 20.9. The zero-order valence-corrected chi connectivity index (χ0v) is 70.8. The zero-order chi connectivity index (χ0) is 87.1. The summed E-state index contributed by atoms with van der Waals surface area (Å²) in [5, 5.41) is 16.0. The van der Waals surface area contributed by atoms with Crippen LogP contribution >= 0.6 is 39.5 Å². The van der Waals surface area contributed by atoms with Crippen molar-refractivity contribution in [3.63, 3.8) is 0 Å². The number of sulfonamides is 2. The minimum absolute atomic E-state index is 0.00261. The van der Waals surface area contributed by atoms with Crippen LogP contribution in [-0.4, -0.2) is 191 Å². The highest BCUT2D eigenvalue weighted by Gasteiger charge is 2.64. The van der Waals surface area contributed by atoms with Crippen LogP contribution in [0.4, 0.5) is 31.5 Å². The van der Waals surface area contributed by atoms with Crippen LogP contribution in [0.5, 0.6) is 34.8 Å². The molecule has 4 aromatic carbocycles. The quantitative estimate of drug-likeness (QED) is 0.0122. The Bertz CT molecular complexity index is 5380. The molecule has 40 heteroatoms. The number of ether oxygens (including phenoxy) is 6. The molecule has 8 aliphatic rings. The van der Waals surface area contributed by atoms with E-state index in [1.54, 1.807) is 44.1 Å². The van der Waals surface area contributed by atoms with E-state index in [0.717, 1.165) is 66.8 Å². The van der Waals surface area contributed by atoms with E-state index in [2.05, 4.69) is 71.1 Å². The molecule has 4 aliphatic carbocycles. The topological polar surface area (TPSA) is 386 Å². The average Bonchev–Trinajstić information content (AvgIpc) is 1.57. The molecular formula is C82H89BrF6N12O17S4. The van der Waals surface area contributed by atoms with Crippen LogP contribution in [0.15, 0.2) is 139 Å². The largest absolute Gasteiger partial charge is 0.573 e. The second-order valence-corrected chi connectivity index (χ2v) is 36.7. The number of aromatic nitrogens is 3. The Balaban J connectivity index is 0.000000183. The highest BCUT2D eigenvalue weighted by Crippen LogP contribution is 2.48. The van der Waals surface area contributed by atoms with E-state index in [9.17, 15) is 76.7 Å². The van der Waals surface area contributed by atoms with Gasteiger partial charge in [0.15, 0.2) is 16.0 Å². The third kappa shape index (κ3) is 22.3. The van der Waals surface area contributed by atoms with Crippen LogP contribution in [0.3, 0.4) is 0 Å². The molecule has 15 rings (SSSR count). The van der Waals surface area contributed by atoms with Gasteiger partial charge in [0, 0.05) is 64.4 Å². The summed E-state index contributed by atoms with van der Waals surface area (Å²) < 4.78 is 160. The highest BCUT2D eigenvalue weighted by molar-refractivity contribution is 9.09.